The molecule has 0 heterocycles. The third-order valence-electron chi connectivity index (χ3n) is 3.91. The van der Waals surface area contributed by atoms with Crippen LogP contribution >= 0.6 is 11.6 Å². The van der Waals surface area contributed by atoms with Crippen molar-refractivity contribution < 1.29 is 17.6 Å². The van der Waals surface area contributed by atoms with Gasteiger partial charge in [-0.3, -0.25) is 9.52 Å². The quantitative estimate of drug-likeness (QED) is 0.622. The van der Waals surface area contributed by atoms with Crippen LogP contribution in [-0.2, 0) is 10.0 Å². The van der Waals surface area contributed by atoms with Crippen molar-refractivity contribution in [2.24, 2.45) is 0 Å². The minimum absolute atomic E-state index is 0.0717. The van der Waals surface area contributed by atoms with Gasteiger partial charge in [0.05, 0.1) is 15.6 Å². The Kier molecular flexibility index (Phi) is 5.67. The molecule has 1 amide bonds. The van der Waals surface area contributed by atoms with Gasteiger partial charge in [-0.25, -0.2) is 12.8 Å². The molecule has 5 nitrogen and oxygen atoms in total. The normalized spacial score (nSPS) is 11.1. The zero-order chi connectivity index (χ0) is 20.3. The molecule has 2 N–H and O–H groups in total. The van der Waals surface area contributed by atoms with E-state index in [4.69, 9.17) is 11.6 Å². The molecule has 0 aromatic heterocycles. The molecule has 0 fully saturated rings. The monoisotopic (exact) mass is 418 g/mol. The second-order valence-corrected chi connectivity index (χ2v) is 8.16. The third kappa shape index (κ3) is 4.68. The van der Waals surface area contributed by atoms with Crippen LogP contribution in [0.3, 0.4) is 0 Å². The number of halogens is 2. The molecule has 3 aromatic carbocycles. The van der Waals surface area contributed by atoms with E-state index in [1.165, 1.54) is 54.6 Å². The van der Waals surface area contributed by atoms with E-state index in [-0.39, 0.29) is 21.2 Å². The zero-order valence-electron chi connectivity index (χ0n) is 14.7. The predicted octanol–water partition coefficient (Wildman–Crippen LogP) is 4.84. The molecule has 0 bridgehead atoms. The van der Waals surface area contributed by atoms with Crippen LogP contribution in [0.5, 0.6) is 0 Å². The molecule has 0 radical (unpaired) electrons. The summed E-state index contributed by atoms with van der Waals surface area (Å²) in [6, 6.07) is 15.9. The highest BCUT2D eigenvalue weighted by atomic mass is 35.5. The second kappa shape index (κ2) is 8.00. The lowest BCUT2D eigenvalue weighted by Crippen LogP contribution is -2.15. The Hall–Kier alpha value is -2.90. The van der Waals surface area contributed by atoms with Crippen LogP contribution in [0.2, 0.25) is 5.02 Å². The van der Waals surface area contributed by atoms with Crippen LogP contribution in [0.1, 0.15) is 15.9 Å². The molecule has 3 aromatic rings. The molecule has 0 spiro atoms. The average molecular weight is 419 g/mol. The number of benzene rings is 3. The summed E-state index contributed by atoms with van der Waals surface area (Å²) < 4.78 is 40.3. The minimum Gasteiger partial charge on any atom is -0.322 e. The van der Waals surface area contributed by atoms with E-state index >= 15 is 0 Å². The highest BCUT2D eigenvalue weighted by molar-refractivity contribution is 7.92. The first-order valence-electron chi connectivity index (χ1n) is 8.20. The predicted molar refractivity (Wildman–Crippen MR) is 108 cm³/mol. The summed E-state index contributed by atoms with van der Waals surface area (Å²) in [6.45, 7) is 1.86. The largest absolute Gasteiger partial charge is 0.322 e. The van der Waals surface area contributed by atoms with Crippen LogP contribution in [0.25, 0.3) is 0 Å². The van der Waals surface area contributed by atoms with Gasteiger partial charge in [-0.15, -0.1) is 0 Å². The molecular formula is C20H16ClFN2O3S. The number of amides is 1. The van der Waals surface area contributed by atoms with Gasteiger partial charge in [0.1, 0.15) is 5.82 Å². The average Bonchev–Trinajstić information content (AvgIpc) is 2.65. The van der Waals surface area contributed by atoms with Crippen LogP contribution in [-0.4, -0.2) is 14.3 Å². The van der Waals surface area contributed by atoms with E-state index in [0.29, 0.717) is 5.69 Å². The number of hydrogen-bond acceptors (Lipinski definition) is 3. The smallest absolute Gasteiger partial charge is 0.261 e. The van der Waals surface area contributed by atoms with Gasteiger partial charge in [0.2, 0.25) is 0 Å². The van der Waals surface area contributed by atoms with Crippen molar-refractivity contribution in [3.05, 3.63) is 88.7 Å². The molecule has 0 aliphatic carbocycles. The molecule has 0 unspecified atom stereocenters. The number of anilines is 2. The molecule has 0 saturated heterocycles. The lowest BCUT2D eigenvalue weighted by molar-refractivity contribution is 0.102. The van der Waals surface area contributed by atoms with E-state index < -0.39 is 21.7 Å². The van der Waals surface area contributed by atoms with Gasteiger partial charge in [0.25, 0.3) is 15.9 Å². The zero-order valence-corrected chi connectivity index (χ0v) is 16.3. The summed E-state index contributed by atoms with van der Waals surface area (Å²) >= 11 is 6.16. The van der Waals surface area contributed by atoms with Crippen molar-refractivity contribution >= 4 is 38.9 Å². The summed E-state index contributed by atoms with van der Waals surface area (Å²) in [5.74, 6) is -0.868. The van der Waals surface area contributed by atoms with Gasteiger partial charge >= 0.3 is 0 Å². The molecule has 0 aliphatic rings. The van der Waals surface area contributed by atoms with Gasteiger partial charge in [-0.1, -0.05) is 29.3 Å². The highest BCUT2D eigenvalue weighted by Gasteiger charge is 2.17. The minimum atomic E-state index is -3.81. The van der Waals surface area contributed by atoms with Crippen molar-refractivity contribution in [3.8, 4) is 0 Å². The summed E-state index contributed by atoms with van der Waals surface area (Å²) in [5.41, 5.74) is 1.74. The number of sulfonamides is 1. The molecule has 3 rings (SSSR count). The number of carbonyl (C=O) groups is 1. The van der Waals surface area contributed by atoms with Crippen LogP contribution in [0.4, 0.5) is 15.8 Å². The SMILES string of the molecule is Cc1ccc(S(=O)(=O)Nc2ccc(C(=O)Nc3ccc(F)cc3)cc2Cl)cc1. The fraction of sp³-hybridized carbons (Fsp3) is 0.0500. The van der Waals surface area contributed by atoms with E-state index in [1.807, 2.05) is 6.92 Å². The van der Waals surface area contributed by atoms with E-state index in [1.54, 1.807) is 12.1 Å². The molecule has 0 saturated carbocycles. The number of carbonyl (C=O) groups excluding carboxylic acids is 1. The summed E-state index contributed by atoms with van der Waals surface area (Å²) in [4.78, 5) is 12.4. The van der Waals surface area contributed by atoms with Crippen LogP contribution in [0, 0.1) is 12.7 Å². The van der Waals surface area contributed by atoms with Gasteiger partial charge in [-0.2, -0.15) is 0 Å². The fourth-order valence-electron chi connectivity index (χ4n) is 2.40. The standard InChI is InChI=1S/C20H16ClFN2O3S/c1-13-2-9-17(10-3-13)28(26,27)24-19-11-4-14(12-18(19)21)20(25)23-16-7-5-15(22)6-8-16/h2-12,24H,1H3,(H,23,25). The van der Waals surface area contributed by atoms with E-state index in [2.05, 4.69) is 10.0 Å². The Morgan fingerprint density at radius 1 is 0.964 bits per heavy atom. The Morgan fingerprint density at radius 2 is 1.61 bits per heavy atom. The number of rotatable bonds is 5. The molecule has 28 heavy (non-hydrogen) atoms. The first kappa shape index (κ1) is 19.9. The summed E-state index contributed by atoms with van der Waals surface area (Å²) in [6.07, 6.45) is 0. The highest BCUT2D eigenvalue weighted by Crippen LogP contribution is 2.26. The topological polar surface area (TPSA) is 75.3 Å². The van der Waals surface area contributed by atoms with Crippen molar-refractivity contribution in [1.29, 1.82) is 0 Å². The van der Waals surface area contributed by atoms with Crippen molar-refractivity contribution in [2.75, 3.05) is 10.0 Å². The van der Waals surface area contributed by atoms with Gasteiger partial charge in [0, 0.05) is 11.3 Å². The van der Waals surface area contributed by atoms with Crippen molar-refractivity contribution in [1.82, 2.24) is 0 Å². The Balaban J connectivity index is 1.77. The molecule has 0 aliphatic heterocycles. The van der Waals surface area contributed by atoms with Crippen LogP contribution < -0.4 is 10.0 Å². The van der Waals surface area contributed by atoms with Crippen LogP contribution in [0.15, 0.2) is 71.6 Å². The number of nitrogens with one attached hydrogen (secondary N) is 2. The van der Waals surface area contributed by atoms with E-state index in [0.717, 1.165) is 5.56 Å². The first-order chi connectivity index (χ1) is 13.2. The van der Waals surface area contributed by atoms with Gasteiger partial charge in [0.15, 0.2) is 0 Å². The second-order valence-electron chi connectivity index (χ2n) is 6.07. The maximum atomic E-state index is 12.9. The molecule has 8 heteroatoms. The van der Waals surface area contributed by atoms with Gasteiger partial charge in [-0.05, 0) is 61.5 Å². The first-order valence-corrected chi connectivity index (χ1v) is 10.1. The molecular weight excluding hydrogens is 403 g/mol. The number of hydrogen-bond donors (Lipinski definition) is 2. The van der Waals surface area contributed by atoms with Crippen molar-refractivity contribution in [3.63, 3.8) is 0 Å². The Bertz CT molecular complexity index is 1120. The molecule has 144 valence electrons. The maximum Gasteiger partial charge on any atom is 0.261 e. The molecule has 0 atom stereocenters. The summed E-state index contributed by atoms with van der Waals surface area (Å²) in [7, 11) is -3.81. The van der Waals surface area contributed by atoms with Crippen molar-refractivity contribution in [2.45, 2.75) is 11.8 Å². The number of aryl methyl sites for hydroxylation is 1. The fourth-order valence-corrected chi connectivity index (χ4v) is 3.76. The maximum absolute atomic E-state index is 12.9. The Morgan fingerprint density at radius 3 is 2.21 bits per heavy atom. The third-order valence-corrected chi connectivity index (χ3v) is 5.60. The lowest BCUT2D eigenvalue weighted by Gasteiger charge is -2.11. The Labute approximate surface area is 167 Å². The lowest BCUT2D eigenvalue weighted by atomic mass is 10.2. The van der Waals surface area contributed by atoms with E-state index in [9.17, 15) is 17.6 Å². The van der Waals surface area contributed by atoms with Gasteiger partial charge < -0.3 is 5.32 Å². The summed E-state index contributed by atoms with van der Waals surface area (Å²) in [5, 5.41) is 2.68.